The van der Waals surface area contributed by atoms with Gasteiger partial charge in [0, 0.05) is 5.56 Å². The first-order chi connectivity index (χ1) is 17.4. The molecule has 2 aromatic rings. The van der Waals surface area contributed by atoms with Crippen LogP contribution in [0.4, 0.5) is 0 Å². The number of fused-ring (bicyclic) bond motifs is 1. The van der Waals surface area contributed by atoms with Crippen LogP contribution in [-0.4, -0.2) is 15.3 Å². The van der Waals surface area contributed by atoms with Crippen LogP contribution in [0.3, 0.4) is 0 Å². The number of benzene rings is 3. The molecule has 0 saturated heterocycles. The molecule has 2 aromatic carbocycles. The van der Waals surface area contributed by atoms with Crippen molar-refractivity contribution in [3.8, 4) is 28.4 Å². The third kappa shape index (κ3) is 5.40. The maximum atomic E-state index is 10.6. The lowest BCUT2D eigenvalue weighted by atomic mass is 9.81. The average Bonchev–Trinajstić information content (AvgIpc) is 3.59. The van der Waals surface area contributed by atoms with Crippen LogP contribution < -0.4 is 0 Å². The first-order valence-electron chi connectivity index (χ1n) is 13.9. The minimum atomic E-state index is 0.426. The molecule has 0 heterocycles. The summed E-state index contributed by atoms with van der Waals surface area (Å²) in [6.45, 7) is 4.22. The summed E-state index contributed by atoms with van der Waals surface area (Å²) in [5.74, 6) is 2.38. The zero-order chi connectivity index (χ0) is 25.2. The summed E-state index contributed by atoms with van der Waals surface area (Å²) in [6, 6.07) is 14.1. The summed E-state index contributed by atoms with van der Waals surface area (Å²) >= 11 is 0. The van der Waals surface area contributed by atoms with E-state index in [1.165, 1.54) is 80.9 Å². The Morgan fingerprint density at radius 1 is 0.583 bits per heavy atom. The molecule has 0 unspecified atom stereocenters. The molecule has 4 aliphatic carbocycles. The average molecular weight is 485 g/mol. The Morgan fingerprint density at radius 3 is 1.39 bits per heavy atom. The molecule has 0 atom stereocenters. The first-order valence-corrected chi connectivity index (χ1v) is 13.9. The number of phenols is 3. The van der Waals surface area contributed by atoms with Crippen LogP contribution in [0.1, 0.15) is 109 Å². The van der Waals surface area contributed by atoms with E-state index in [-0.39, 0.29) is 0 Å². The summed E-state index contributed by atoms with van der Waals surface area (Å²) in [5, 5.41) is 30.0. The van der Waals surface area contributed by atoms with Gasteiger partial charge in [-0.3, -0.25) is 0 Å². The second-order valence-corrected chi connectivity index (χ2v) is 11.3. The van der Waals surface area contributed by atoms with E-state index in [9.17, 15) is 10.2 Å². The predicted molar refractivity (Wildman–Crippen MR) is 147 cm³/mol. The second-order valence-electron chi connectivity index (χ2n) is 11.3. The Hall–Kier alpha value is -2.94. The van der Waals surface area contributed by atoms with E-state index in [0.29, 0.717) is 29.1 Å². The minimum absolute atomic E-state index is 0.426. The Morgan fingerprint density at radius 2 is 1.06 bits per heavy atom. The molecule has 2 saturated carbocycles. The number of hydrogen-bond donors (Lipinski definition) is 3. The van der Waals surface area contributed by atoms with Gasteiger partial charge in [0.25, 0.3) is 0 Å². The van der Waals surface area contributed by atoms with Crippen LogP contribution in [0, 0.1) is 13.8 Å². The van der Waals surface area contributed by atoms with Gasteiger partial charge in [-0.1, -0.05) is 56.7 Å². The molecule has 0 radical (unpaired) electrons. The van der Waals surface area contributed by atoms with E-state index in [1.54, 1.807) is 6.07 Å². The van der Waals surface area contributed by atoms with E-state index < -0.39 is 0 Å². The lowest BCUT2D eigenvalue weighted by molar-refractivity contribution is 0.413. The van der Waals surface area contributed by atoms with Gasteiger partial charge in [0.2, 0.25) is 0 Å². The normalized spacial score (nSPS) is 17.4. The van der Waals surface area contributed by atoms with Gasteiger partial charge in [-0.25, -0.2) is 0 Å². The van der Waals surface area contributed by atoms with Gasteiger partial charge < -0.3 is 15.3 Å². The van der Waals surface area contributed by atoms with E-state index in [0.717, 1.165) is 34.2 Å². The maximum absolute atomic E-state index is 10.6. The molecule has 4 aliphatic rings. The Bertz CT molecular complexity index is 1160. The van der Waals surface area contributed by atoms with Crippen LogP contribution >= 0.6 is 0 Å². The van der Waals surface area contributed by atoms with Crippen molar-refractivity contribution in [3.05, 3.63) is 75.8 Å². The lowest BCUT2D eigenvalue weighted by Crippen LogP contribution is -2.08. The fourth-order valence-electron chi connectivity index (χ4n) is 6.32. The molecule has 0 aliphatic heterocycles. The molecular formula is C33H40O3. The topological polar surface area (TPSA) is 60.7 Å². The minimum Gasteiger partial charge on any atom is -0.508 e. The monoisotopic (exact) mass is 484 g/mol. The van der Waals surface area contributed by atoms with Gasteiger partial charge >= 0.3 is 0 Å². The number of rotatable bonds is 4. The summed E-state index contributed by atoms with van der Waals surface area (Å²) < 4.78 is 0. The van der Waals surface area contributed by atoms with E-state index in [2.05, 4.69) is 26.0 Å². The van der Waals surface area contributed by atoms with Crippen LogP contribution in [0.15, 0.2) is 42.5 Å². The van der Waals surface area contributed by atoms with Crippen LogP contribution in [0.2, 0.25) is 0 Å². The molecule has 3 nitrogen and oxygen atoms in total. The Kier molecular flexibility index (Phi) is 7.27. The Labute approximate surface area is 215 Å². The van der Waals surface area contributed by atoms with Crippen molar-refractivity contribution in [2.24, 2.45) is 0 Å². The lowest BCUT2D eigenvalue weighted by Gasteiger charge is -2.25. The highest BCUT2D eigenvalue weighted by Crippen LogP contribution is 2.43. The standard InChI is InChI=1S/C27H36O2.C6H4O/c1-18-13-26(28)24(20-9-5-3-6-10-20)16-22(18)15-23-17-25(27(29)14-19(23)2)21-11-7-4-8-12-21;7-6-2-1-4-3-5(4)6/h13-14,16-17,20-21,28-29H,3-12,15H2,1-2H3;1-3,7H. The van der Waals surface area contributed by atoms with Gasteiger partial charge in [-0.15, -0.1) is 0 Å². The summed E-state index contributed by atoms with van der Waals surface area (Å²) in [7, 11) is 0. The Balaban J connectivity index is 0.000000323. The van der Waals surface area contributed by atoms with Gasteiger partial charge in [-0.05, 0) is 121 Å². The largest absolute Gasteiger partial charge is 0.508 e. The zero-order valence-electron chi connectivity index (χ0n) is 21.8. The van der Waals surface area contributed by atoms with E-state index >= 15 is 0 Å². The highest BCUT2D eigenvalue weighted by molar-refractivity contribution is 5.86. The molecule has 2 fully saturated rings. The van der Waals surface area contributed by atoms with Crippen molar-refractivity contribution in [2.75, 3.05) is 0 Å². The van der Waals surface area contributed by atoms with Crippen LogP contribution in [-0.2, 0) is 6.42 Å². The quantitative estimate of drug-likeness (QED) is 0.271. The third-order valence-electron chi connectivity index (χ3n) is 8.67. The van der Waals surface area contributed by atoms with Crippen molar-refractivity contribution in [3.63, 3.8) is 0 Å². The summed E-state index contributed by atoms with van der Waals surface area (Å²) in [6.07, 6.45) is 13.4. The van der Waals surface area contributed by atoms with Crippen molar-refractivity contribution in [1.82, 2.24) is 0 Å². The first kappa shape index (κ1) is 24.7. The van der Waals surface area contributed by atoms with E-state index in [4.69, 9.17) is 5.11 Å². The molecular weight excluding hydrogens is 444 g/mol. The van der Waals surface area contributed by atoms with Crippen molar-refractivity contribution >= 4 is 0 Å². The molecule has 0 spiro atoms. The molecule has 3 N–H and O–H groups in total. The molecule has 0 bridgehead atoms. The van der Waals surface area contributed by atoms with Crippen LogP contribution in [0.5, 0.6) is 17.2 Å². The van der Waals surface area contributed by atoms with Gasteiger partial charge in [0.15, 0.2) is 0 Å². The molecule has 6 rings (SSSR count). The van der Waals surface area contributed by atoms with Crippen LogP contribution in [0.25, 0.3) is 11.1 Å². The molecule has 190 valence electrons. The van der Waals surface area contributed by atoms with Gasteiger partial charge in [0.1, 0.15) is 17.2 Å². The maximum Gasteiger partial charge on any atom is 0.123 e. The van der Waals surface area contributed by atoms with E-state index in [1.807, 2.05) is 24.3 Å². The smallest absolute Gasteiger partial charge is 0.123 e. The fraction of sp³-hybridized carbons (Fsp3) is 0.455. The number of hydrogen-bond acceptors (Lipinski definition) is 3. The molecule has 3 heteroatoms. The molecule has 36 heavy (non-hydrogen) atoms. The third-order valence-corrected chi connectivity index (χ3v) is 8.67. The highest BCUT2D eigenvalue weighted by Gasteiger charge is 2.22. The van der Waals surface area contributed by atoms with Crippen molar-refractivity contribution in [1.29, 1.82) is 0 Å². The van der Waals surface area contributed by atoms with Crippen molar-refractivity contribution < 1.29 is 15.3 Å². The number of aryl methyl sites for hydroxylation is 2. The highest BCUT2D eigenvalue weighted by atomic mass is 16.3. The van der Waals surface area contributed by atoms with Gasteiger partial charge in [0.05, 0.1) is 0 Å². The SMILES string of the molecule is Cc1cc(O)c(C2CCCCC2)cc1Cc1cc(C2CCCCC2)c(O)cc1C.Oc1ccc2cc1-2. The second kappa shape index (κ2) is 10.6. The summed E-state index contributed by atoms with van der Waals surface area (Å²) in [4.78, 5) is 0. The number of aromatic hydroxyl groups is 3. The fourth-order valence-corrected chi connectivity index (χ4v) is 6.32. The predicted octanol–water partition coefficient (Wildman–Crippen LogP) is 8.77. The number of phenolic OH excluding ortho intramolecular Hbond substituents is 3. The van der Waals surface area contributed by atoms with Crippen molar-refractivity contribution in [2.45, 2.75) is 96.3 Å². The zero-order valence-corrected chi connectivity index (χ0v) is 21.8. The van der Waals surface area contributed by atoms with Gasteiger partial charge in [-0.2, -0.15) is 0 Å². The molecule has 0 amide bonds. The molecule has 0 aromatic heterocycles. The summed E-state index contributed by atoms with van der Waals surface area (Å²) in [5.41, 5.74) is 9.46.